The van der Waals surface area contributed by atoms with Gasteiger partial charge in [0.1, 0.15) is 5.75 Å². The quantitative estimate of drug-likeness (QED) is 0.599. The highest BCUT2D eigenvalue weighted by molar-refractivity contribution is 7.89. The summed E-state index contributed by atoms with van der Waals surface area (Å²) in [5, 5.41) is 6.08. The van der Waals surface area contributed by atoms with Crippen LogP contribution in [0.3, 0.4) is 0 Å². The zero-order valence-electron chi connectivity index (χ0n) is 15.5. The molecular weight excluding hydrogens is 354 g/mol. The van der Waals surface area contributed by atoms with Crippen LogP contribution in [0.15, 0.2) is 23.1 Å². The van der Waals surface area contributed by atoms with Crippen molar-refractivity contribution in [1.82, 2.24) is 15.4 Å². The molecule has 1 amide bonds. The number of sulfonamides is 1. The Labute approximate surface area is 155 Å². The second-order valence-electron chi connectivity index (χ2n) is 6.50. The van der Waals surface area contributed by atoms with Gasteiger partial charge < -0.3 is 15.4 Å². The van der Waals surface area contributed by atoms with Gasteiger partial charge >= 0.3 is 0 Å². The SMILES string of the molecule is CCC(=O)NCc1cc(S(=O)(=O)NCCC2CCCNC2)ccc1OC. The van der Waals surface area contributed by atoms with Gasteiger partial charge in [0.25, 0.3) is 0 Å². The van der Waals surface area contributed by atoms with E-state index in [4.69, 9.17) is 4.74 Å². The van der Waals surface area contributed by atoms with Gasteiger partial charge in [0.2, 0.25) is 15.9 Å². The first kappa shape index (κ1) is 20.7. The third-order valence-electron chi connectivity index (χ3n) is 4.60. The number of ether oxygens (including phenoxy) is 1. The predicted molar refractivity (Wildman–Crippen MR) is 101 cm³/mol. The van der Waals surface area contributed by atoms with Crippen LogP contribution in [0.2, 0.25) is 0 Å². The summed E-state index contributed by atoms with van der Waals surface area (Å²) in [7, 11) is -2.07. The third kappa shape index (κ3) is 5.96. The van der Waals surface area contributed by atoms with E-state index in [9.17, 15) is 13.2 Å². The fourth-order valence-corrected chi connectivity index (χ4v) is 4.13. The van der Waals surface area contributed by atoms with E-state index in [0.29, 0.717) is 30.2 Å². The van der Waals surface area contributed by atoms with Crippen molar-refractivity contribution < 1.29 is 17.9 Å². The molecule has 1 aromatic carbocycles. The van der Waals surface area contributed by atoms with E-state index >= 15 is 0 Å². The predicted octanol–water partition coefficient (Wildman–Crippen LogP) is 1.39. The summed E-state index contributed by atoms with van der Waals surface area (Å²) in [6, 6.07) is 4.70. The lowest BCUT2D eigenvalue weighted by Gasteiger charge is -2.22. The highest BCUT2D eigenvalue weighted by Crippen LogP contribution is 2.22. The van der Waals surface area contributed by atoms with E-state index in [-0.39, 0.29) is 17.3 Å². The highest BCUT2D eigenvalue weighted by atomic mass is 32.2. The molecule has 1 atom stereocenters. The lowest BCUT2D eigenvalue weighted by Crippen LogP contribution is -2.33. The minimum absolute atomic E-state index is 0.0977. The van der Waals surface area contributed by atoms with Gasteiger partial charge in [-0.3, -0.25) is 4.79 Å². The van der Waals surface area contributed by atoms with Crippen LogP contribution in [0, 0.1) is 5.92 Å². The maximum absolute atomic E-state index is 12.6. The lowest BCUT2D eigenvalue weighted by molar-refractivity contribution is -0.120. The molecule has 26 heavy (non-hydrogen) atoms. The van der Waals surface area contributed by atoms with Gasteiger partial charge in [0.15, 0.2) is 0 Å². The number of rotatable bonds is 9. The summed E-state index contributed by atoms with van der Waals surface area (Å²) in [6.45, 7) is 4.41. The fraction of sp³-hybridized carbons (Fsp3) is 0.611. The van der Waals surface area contributed by atoms with Crippen molar-refractivity contribution in [3.8, 4) is 5.75 Å². The molecule has 7 nitrogen and oxygen atoms in total. The van der Waals surface area contributed by atoms with Crippen LogP contribution >= 0.6 is 0 Å². The zero-order chi connectivity index (χ0) is 19.0. The first-order chi connectivity index (χ1) is 12.5. The summed E-state index contributed by atoms with van der Waals surface area (Å²) in [5.74, 6) is 0.968. The van der Waals surface area contributed by atoms with E-state index in [2.05, 4.69) is 15.4 Å². The number of carbonyl (C=O) groups excluding carboxylic acids is 1. The number of hydrogen-bond donors (Lipinski definition) is 3. The Hall–Kier alpha value is -1.64. The first-order valence-electron chi connectivity index (χ1n) is 9.10. The maximum atomic E-state index is 12.6. The summed E-state index contributed by atoms with van der Waals surface area (Å²) >= 11 is 0. The van der Waals surface area contributed by atoms with Crippen molar-refractivity contribution in [1.29, 1.82) is 0 Å². The van der Waals surface area contributed by atoms with Crippen molar-refractivity contribution in [3.63, 3.8) is 0 Å². The van der Waals surface area contributed by atoms with Crippen LogP contribution in [-0.4, -0.2) is 41.1 Å². The van der Waals surface area contributed by atoms with Crippen LogP contribution in [0.25, 0.3) is 0 Å². The normalized spacial score (nSPS) is 17.7. The van der Waals surface area contributed by atoms with Crippen molar-refractivity contribution in [2.75, 3.05) is 26.7 Å². The summed E-state index contributed by atoms with van der Waals surface area (Å²) in [5.41, 5.74) is 0.633. The van der Waals surface area contributed by atoms with Crippen molar-refractivity contribution in [3.05, 3.63) is 23.8 Å². The average Bonchev–Trinajstić information content (AvgIpc) is 2.66. The Kier molecular flexibility index (Phi) is 7.86. The Morgan fingerprint density at radius 1 is 1.38 bits per heavy atom. The van der Waals surface area contributed by atoms with Crippen LogP contribution in [0.5, 0.6) is 5.75 Å². The van der Waals surface area contributed by atoms with Crippen molar-refractivity contribution in [2.45, 2.75) is 44.0 Å². The van der Waals surface area contributed by atoms with Gasteiger partial charge in [-0.1, -0.05) is 6.92 Å². The molecule has 1 unspecified atom stereocenters. The number of nitrogens with one attached hydrogen (secondary N) is 3. The van der Waals surface area contributed by atoms with Gasteiger partial charge in [-0.25, -0.2) is 13.1 Å². The number of amides is 1. The van der Waals surface area contributed by atoms with Gasteiger partial charge in [-0.2, -0.15) is 0 Å². The van der Waals surface area contributed by atoms with Crippen LogP contribution in [0.1, 0.15) is 38.2 Å². The average molecular weight is 384 g/mol. The monoisotopic (exact) mass is 383 g/mol. The first-order valence-corrected chi connectivity index (χ1v) is 10.6. The molecule has 2 rings (SSSR count). The molecule has 1 heterocycles. The number of hydrogen-bond acceptors (Lipinski definition) is 5. The molecule has 0 aromatic heterocycles. The smallest absolute Gasteiger partial charge is 0.240 e. The molecule has 1 saturated heterocycles. The molecule has 0 radical (unpaired) electrons. The Bertz CT molecular complexity index is 700. The Morgan fingerprint density at radius 3 is 2.85 bits per heavy atom. The lowest BCUT2D eigenvalue weighted by atomic mass is 9.96. The zero-order valence-corrected chi connectivity index (χ0v) is 16.3. The molecular formula is C18H29N3O4S. The molecule has 1 fully saturated rings. The minimum Gasteiger partial charge on any atom is -0.496 e. The minimum atomic E-state index is -3.59. The molecule has 0 aliphatic carbocycles. The molecule has 1 aliphatic rings. The standard InChI is InChI=1S/C18H29N3O4S/c1-3-18(22)20-13-15-11-16(6-7-17(15)25-2)26(23,24)21-10-8-14-5-4-9-19-12-14/h6-7,11,14,19,21H,3-5,8-10,12-13H2,1-2H3,(H,20,22). The van der Waals surface area contributed by atoms with E-state index in [0.717, 1.165) is 32.4 Å². The third-order valence-corrected chi connectivity index (χ3v) is 6.06. The van der Waals surface area contributed by atoms with Crippen molar-refractivity contribution >= 4 is 15.9 Å². The van der Waals surface area contributed by atoms with Crippen molar-refractivity contribution in [2.24, 2.45) is 5.92 Å². The Morgan fingerprint density at radius 2 is 2.19 bits per heavy atom. The largest absolute Gasteiger partial charge is 0.496 e. The molecule has 0 spiro atoms. The number of carbonyl (C=O) groups is 1. The highest BCUT2D eigenvalue weighted by Gasteiger charge is 2.18. The summed E-state index contributed by atoms with van der Waals surface area (Å²) in [6.07, 6.45) is 3.47. The molecule has 8 heteroatoms. The van der Waals surface area contributed by atoms with Crippen LogP contribution in [-0.2, 0) is 21.4 Å². The van der Waals surface area contributed by atoms with E-state index in [1.165, 1.54) is 13.2 Å². The van der Waals surface area contributed by atoms with E-state index < -0.39 is 10.0 Å². The summed E-state index contributed by atoms with van der Waals surface area (Å²) in [4.78, 5) is 11.7. The fourth-order valence-electron chi connectivity index (χ4n) is 3.03. The summed E-state index contributed by atoms with van der Waals surface area (Å²) < 4.78 is 33.1. The van der Waals surface area contributed by atoms with E-state index in [1.54, 1.807) is 19.1 Å². The molecule has 0 bridgehead atoms. The molecule has 1 aromatic rings. The maximum Gasteiger partial charge on any atom is 0.240 e. The number of methoxy groups -OCH3 is 1. The topological polar surface area (TPSA) is 96.5 Å². The molecule has 0 saturated carbocycles. The van der Waals surface area contributed by atoms with Gasteiger partial charge in [-0.15, -0.1) is 0 Å². The number of benzene rings is 1. The molecule has 3 N–H and O–H groups in total. The van der Waals surface area contributed by atoms with Gasteiger partial charge in [0.05, 0.1) is 12.0 Å². The van der Waals surface area contributed by atoms with Crippen LogP contribution in [0.4, 0.5) is 0 Å². The molecule has 1 aliphatic heterocycles. The second-order valence-corrected chi connectivity index (χ2v) is 8.27. The van der Waals surface area contributed by atoms with Gasteiger partial charge in [0, 0.05) is 25.1 Å². The molecule has 146 valence electrons. The second kappa shape index (κ2) is 9.89. The number of piperidine rings is 1. The van der Waals surface area contributed by atoms with Gasteiger partial charge in [-0.05, 0) is 56.5 Å². The van der Waals surface area contributed by atoms with E-state index in [1.807, 2.05) is 0 Å². The van der Waals surface area contributed by atoms with Crippen LogP contribution < -0.4 is 20.1 Å². The Balaban J connectivity index is 2.01.